The Hall–Kier alpha value is -1.82. The zero-order chi connectivity index (χ0) is 17.5. The number of hydrogen-bond acceptors (Lipinski definition) is 4. The summed E-state index contributed by atoms with van der Waals surface area (Å²) in [5, 5.41) is 15.8. The molecule has 2 heterocycles. The molecule has 1 aliphatic heterocycles. The van der Waals surface area contributed by atoms with E-state index in [0.717, 1.165) is 57.4 Å². The van der Waals surface area contributed by atoms with E-state index in [1.165, 1.54) is 6.42 Å². The second-order valence-electron chi connectivity index (χ2n) is 7.25. The van der Waals surface area contributed by atoms with Crippen LogP contribution in [0.5, 0.6) is 0 Å². The van der Waals surface area contributed by atoms with E-state index in [-0.39, 0.29) is 30.6 Å². The molecule has 2 unspecified atom stereocenters. The highest BCUT2D eigenvalue weighted by Crippen LogP contribution is 2.23. The number of carbonyl (C=O) groups is 1. The summed E-state index contributed by atoms with van der Waals surface area (Å²) in [7, 11) is 0. The van der Waals surface area contributed by atoms with Crippen LogP contribution in [0.2, 0.25) is 0 Å². The minimum absolute atomic E-state index is 0.0818. The summed E-state index contributed by atoms with van der Waals surface area (Å²) in [6.07, 6.45) is 9.12. The molecule has 2 aliphatic rings. The van der Waals surface area contributed by atoms with E-state index in [1.807, 2.05) is 24.4 Å². The number of urea groups is 1. The van der Waals surface area contributed by atoms with Crippen LogP contribution < -0.4 is 15.5 Å². The van der Waals surface area contributed by atoms with Crippen LogP contribution in [0, 0.1) is 5.92 Å². The van der Waals surface area contributed by atoms with Gasteiger partial charge >= 0.3 is 6.03 Å². The molecule has 138 valence electrons. The molecule has 0 bridgehead atoms. The zero-order valence-electron chi connectivity index (χ0n) is 14.9. The summed E-state index contributed by atoms with van der Waals surface area (Å²) in [6, 6.07) is 6.18. The molecule has 1 aliphatic carbocycles. The Balaban J connectivity index is 1.44. The lowest BCUT2D eigenvalue weighted by molar-refractivity contribution is 0.177. The van der Waals surface area contributed by atoms with Gasteiger partial charge in [-0.1, -0.05) is 25.3 Å². The second kappa shape index (κ2) is 9.04. The average Bonchev–Trinajstić information content (AvgIpc) is 2.88. The van der Waals surface area contributed by atoms with Gasteiger partial charge in [0.1, 0.15) is 5.82 Å². The maximum Gasteiger partial charge on any atom is 0.315 e. The molecule has 6 nitrogen and oxygen atoms in total. The molecule has 1 saturated heterocycles. The van der Waals surface area contributed by atoms with Gasteiger partial charge in [0.05, 0.1) is 0 Å². The molecule has 0 spiro atoms. The number of anilines is 1. The fraction of sp³-hybridized carbons (Fsp3) is 0.684. The first-order valence-electron chi connectivity index (χ1n) is 9.60. The zero-order valence-corrected chi connectivity index (χ0v) is 14.9. The van der Waals surface area contributed by atoms with Crippen molar-refractivity contribution in [2.45, 2.75) is 57.0 Å². The Labute approximate surface area is 150 Å². The van der Waals surface area contributed by atoms with E-state index in [1.54, 1.807) is 0 Å². The van der Waals surface area contributed by atoms with Crippen LogP contribution in [0.15, 0.2) is 24.4 Å². The van der Waals surface area contributed by atoms with Crippen LogP contribution in [-0.2, 0) is 0 Å². The monoisotopic (exact) mass is 346 g/mol. The molecule has 25 heavy (non-hydrogen) atoms. The molecule has 3 rings (SSSR count). The number of piperidine rings is 1. The van der Waals surface area contributed by atoms with Gasteiger partial charge in [0.2, 0.25) is 0 Å². The van der Waals surface area contributed by atoms with Crippen molar-refractivity contribution in [1.82, 2.24) is 15.6 Å². The molecule has 1 aromatic rings. The van der Waals surface area contributed by atoms with E-state index in [4.69, 9.17) is 0 Å². The highest BCUT2D eigenvalue weighted by atomic mass is 16.3. The molecular weight excluding hydrogens is 316 g/mol. The van der Waals surface area contributed by atoms with Gasteiger partial charge in [0.25, 0.3) is 0 Å². The molecular formula is C19H30N4O2. The van der Waals surface area contributed by atoms with Crippen molar-refractivity contribution >= 4 is 11.8 Å². The molecule has 2 amide bonds. The first-order valence-corrected chi connectivity index (χ1v) is 9.60. The van der Waals surface area contributed by atoms with Gasteiger partial charge in [0, 0.05) is 43.9 Å². The second-order valence-corrected chi connectivity index (χ2v) is 7.25. The van der Waals surface area contributed by atoms with Gasteiger partial charge in [-0.3, -0.25) is 0 Å². The molecule has 0 radical (unpaired) electrons. The van der Waals surface area contributed by atoms with Crippen LogP contribution >= 0.6 is 0 Å². The average molecular weight is 346 g/mol. The van der Waals surface area contributed by atoms with Crippen molar-refractivity contribution in [1.29, 1.82) is 0 Å². The van der Waals surface area contributed by atoms with E-state index >= 15 is 0 Å². The summed E-state index contributed by atoms with van der Waals surface area (Å²) in [6.45, 7) is 1.97. The third-order valence-electron chi connectivity index (χ3n) is 5.51. The summed E-state index contributed by atoms with van der Waals surface area (Å²) in [5.41, 5.74) is 0. The van der Waals surface area contributed by atoms with Gasteiger partial charge in [-0.05, 0) is 37.8 Å². The molecule has 1 aromatic heterocycles. The lowest BCUT2D eigenvalue weighted by Crippen LogP contribution is -2.51. The Morgan fingerprint density at radius 3 is 2.64 bits per heavy atom. The Kier molecular flexibility index (Phi) is 6.50. The number of carbonyl (C=O) groups excluding carboxylic acids is 1. The molecule has 2 atom stereocenters. The van der Waals surface area contributed by atoms with Crippen molar-refractivity contribution in [2.75, 3.05) is 24.6 Å². The van der Waals surface area contributed by atoms with Gasteiger partial charge in [0.15, 0.2) is 0 Å². The minimum Gasteiger partial charge on any atom is -0.396 e. The third kappa shape index (κ3) is 5.08. The lowest BCUT2D eigenvalue weighted by Gasteiger charge is -2.33. The van der Waals surface area contributed by atoms with E-state index < -0.39 is 0 Å². The maximum absolute atomic E-state index is 12.4. The summed E-state index contributed by atoms with van der Waals surface area (Å²) in [4.78, 5) is 19.0. The largest absolute Gasteiger partial charge is 0.396 e. The van der Waals surface area contributed by atoms with Crippen molar-refractivity contribution < 1.29 is 9.90 Å². The number of aliphatic hydroxyl groups excluding tert-OH is 1. The third-order valence-corrected chi connectivity index (χ3v) is 5.51. The fourth-order valence-electron chi connectivity index (χ4n) is 3.98. The quantitative estimate of drug-likeness (QED) is 0.731. The topological polar surface area (TPSA) is 77.5 Å². The Bertz CT molecular complexity index is 531. The van der Waals surface area contributed by atoms with Crippen molar-refractivity contribution in [3.05, 3.63) is 24.4 Å². The number of nitrogens with one attached hydrogen (secondary N) is 2. The number of aliphatic hydroxyl groups is 1. The van der Waals surface area contributed by atoms with Crippen LogP contribution in [0.4, 0.5) is 10.6 Å². The van der Waals surface area contributed by atoms with Crippen molar-refractivity contribution in [3.8, 4) is 0 Å². The minimum atomic E-state index is -0.0818. The predicted octanol–water partition coefficient (Wildman–Crippen LogP) is 2.29. The van der Waals surface area contributed by atoms with E-state index in [9.17, 15) is 9.90 Å². The smallest absolute Gasteiger partial charge is 0.315 e. The molecule has 3 N–H and O–H groups in total. The number of pyridine rings is 1. The molecule has 0 aromatic carbocycles. The highest BCUT2D eigenvalue weighted by Gasteiger charge is 2.26. The van der Waals surface area contributed by atoms with E-state index in [2.05, 4.69) is 20.5 Å². The first kappa shape index (κ1) is 18.0. The number of aromatic nitrogens is 1. The van der Waals surface area contributed by atoms with Gasteiger partial charge < -0.3 is 20.6 Å². The summed E-state index contributed by atoms with van der Waals surface area (Å²) >= 11 is 0. The molecule has 1 saturated carbocycles. The van der Waals surface area contributed by atoms with E-state index in [0.29, 0.717) is 0 Å². The lowest BCUT2D eigenvalue weighted by atomic mass is 9.96. The number of nitrogens with zero attached hydrogens (tertiary/aromatic N) is 2. The summed E-state index contributed by atoms with van der Waals surface area (Å²) in [5.74, 6) is 1.20. The number of rotatable bonds is 4. The predicted molar refractivity (Wildman–Crippen MR) is 98.6 cm³/mol. The normalized spacial score (nSPS) is 25.2. The van der Waals surface area contributed by atoms with Gasteiger partial charge in [-0.25, -0.2) is 9.78 Å². The fourth-order valence-corrected chi connectivity index (χ4v) is 3.98. The molecule has 2 fully saturated rings. The standard InChI is InChI=1S/C19H30N4O2/c24-14-15-6-2-1-3-7-17(15)22-19(25)21-16-9-12-23(13-10-16)18-8-4-5-11-20-18/h4-5,8,11,15-17,24H,1-3,6-7,9-10,12-14H2,(H2,21,22,25). The van der Waals surface area contributed by atoms with Gasteiger partial charge in [-0.15, -0.1) is 0 Å². The van der Waals surface area contributed by atoms with Crippen molar-refractivity contribution in [3.63, 3.8) is 0 Å². The van der Waals surface area contributed by atoms with Crippen LogP contribution in [0.1, 0.15) is 44.9 Å². The van der Waals surface area contributed by atoms with Crippen LogP contribution in [0.3, 0.4) is 0 Å². The number of hydrogen-bond donors (Lipinski definition) is 3. The number of amides is 2. The SMILES string of the molecule is O=C(NC1CCN(c2ccccn2)CC1)NC1CCCCCC1CO. The first-order chi connectivity index (χ1) is 12.3. The highest BCUT2D eigenvalue weighted by molar-refractivity contribution is 5.74. The Morgan fingerprint density at radius 1 is 1.12 bits per heavy atom. The van der Waals surface area contributed by atoms with Crippen molar-refractivity contribution in [2.24, 2.45) is 5.92 Å². The summed E-state index contributed by atoms with van der Waals surface area (Å²) < 4.78 is 0. The molecule has 6 heteroatoms. The van der Waals surface area contributed by atoms with Crippen LogP contribution in [-0.4, -0.2) is 47.9 Å². The van der Waals surface area contributed by atoms with Crippen LogP contribution in [0.25, 0.3) is 0 Å². The van der Waals surface area contributed by atoms with Gasteiger partial charge in [-0.2, -0.15) is 0 Å². The Morgan fingerprint density at radius 2 is 1.92 bits per heavy atom. The maximum atomic E-state index is 12.4.